The van der Waals surface area contributed by atoms with E-state index in [0.29, 0.717) is 5.92 Å². The van der Waals surface area contributed by atoms with Crippen LogP contribution in [0.3, 0.4) is 0 Å². The Balaban J connectivity index is 2.12. The van der Waals surface area contributed by atoms with Crippen LogP contribution >= 0.6 is 0 Å². The van der Waals surface area contributed by atoms with Gasteiger partial charge < -0.3 is 4.57 Å². The van der Waals surface area contributed by atoms with Crippen molar-refractivity contribution in [2.75, 3.05) is 0 Å². The van der Waals surface area contributed by atoms with E-state index in [9.17, 15) is 10.1 Å². The van der Waals surface area contributed by atoms with Gasteiger partial charge in [0.2, 0.25) is 0 Å². The van der Waals surface area contributed by atoms with Crippen molar-refractivity contribution < 1.29 is 0 Å². The molecule has 1 aliphatic carbocycles. The van der Waals surface area contributed by atoms with Gasteiger partial charge in [0.25, 0.3) is 5.56 Å². The van der Waals surface area contributed by atoms with Gasteiger partial charge in [-0.1, -0.05) is 43.0 Å². The van der Waals surface area contributed by atoms with Crippen LogP contribution in [0.15, 0.2) is 35.1 Å². The van der Waals surface area contributed by atoms with Crippen molar-refractivity contribution in [3.8, 4) is 17.3 Å². The predicted molar refractivity (Wildman–Crippen MR) is 96.9 cm³/mol. The van der Waals surface area contributed by atoms with Crippen LogP contribution in [0, 0.1) is 31.1 Å². The van der Waals surface area contributed by atoms with Gasteiger partial charge in [-0.05, 0) is 55.9 Å². The zero-order valence-electron chi connectivity index (χ0n) is 14.5. The molecule has 0 saturated heterocycles. The minimum atomic E-state index is -0.139. The molecule has 0 atom stereocenters. The molecule has 0 unspecified atom stereocenters. The highest BCUT2D eigenvalue weighted by Crippen LogP contribution is 2.28. The van der Waals surface area contributed by atoms with Crippen molar-refractivity contribution in [1.82, 2.24) is 4.57 Å². The van der Waals surface area contributed by atoms with E-state index in [4.69, 9.17) is 0 Å². The zero-order valence-corrected chi connectivity index (χ0v) is 14.5. The number of hydrogen-bond donors (Lipinski definition) is 0. The van der Waals surface area contributed by atoms with Gasteiger partial charge in [0.05, 0.1) is 5.69 Å². The fourth-order valence-corrected chi connectivity index (χ4v) is 3.76. The van der Waals surface area contributed by atoms with E-state index in [1.165, 1.54) is 37.7 Å². The van der Waals surface area contributed by atoms with Crippen LogP contribution < -0.4 is 5.56 Å². The zero-order chi connectivity index (χ0) is 17.1. The number of hydrogen-bond acceptors (Lipinski definition) is 2. The Bertz CT molecular complexity index is 836. The predicted octanol–water partition coefficient (Wildman–Crippen LogP) is 4.58. The molecule has 0 radical (unpaired) electrons. The van der Waals surface area contributed by atoms with Gasteiger partial charge >= 0.3 is 0 Å². The van der Waals surface area contributed by atoms with E-state index in [1.807, 2.05) is 29.7 Å². The van der Waals surface area contributed by atoms with Gasteiger partial charge in [-0.25, -0.2) is 0 Å². The molecule has 24 heavy (non-hydrogen) atoms. The lowest BCUT2D eigenvalue weighted by atomic mass is 9.89. The number of nitriles is 1. The molecule has 2 aromatic rings. The van der Waals surface area contributed by atoms with E-state index in [0.717, 1.165) is 23.4 Å². The fourth-order valence-electron chi connectivity index (χ4n) is 3.76. The number of pyridine rings is 1. The van der Waals surface area contributed by atoms with Crippen molar-refractivity contribution in [1.29, 1.82) is 5.26 Å². The summed E-state index contributed by atoms with van der Waals surface area (Å²) in [7, 11) is 0. The van der Waals surface area contributed by atoms with Gasteiger partial charge in [0.15, 0.2) is 0 Å². The van der Waals surface area contributed by atoms with Crippen molar-refractivity contribution >= 4 is 0 Å². The number of nitrogens with zero attached hydrogens (tertiary/aromatic N) is 2. The Morgan fingerprint density at radius 1 is 1.17 bits per heavy atom. The number of rotatable bonds is 3. The fraction of sp³-hybridized carbons (Fsp3) is 0.429. The molecule has 0 spiro atoms. The smallest absolute Gasteiger partial charge is 0.269 e. The summed E-state index contributed by atoms with van der Waals surface area (Å²) in [4.78, 5) is 12.9. The third-order valence-corrected chi connectivity index (χ3v) is 5.09. The molecule has 0 N–H and O–H groups in total. The molecule has 1 aromatic heterocycles. The van der Waals surface area contributed by atoms with Gasteiger partial charge in [0, 0.05) is 6.54 Å². The molecule has 1 aliphatic rings. The lowest BCUT2D eigenvalue weighted by Crippen LogP contribution is -2.29. The standard InChI is InChI=1S/C21H24N2O/c1-15-7-6-10-18(11-15)20-12-16(2)19(13-22)21(24)23(20)14-17-8-4-3-5-9-17/h6-7,10-12,17H,3-5,8-9,14H2,1-2H3. The van der Waals surface area contributed by atoms with Crippen LogP contribution in [-0.2, 0) is 6.54 Å². The SMILES string of the molecule is Cc1cccc(-c2cc(C)c(C#N)c(=O)n2CC2CCCCC2)c1. The summed E-state index contributed by atoms with van der Waals surface area (Å²) in [5.41, 5.74) is 4.06. The Hall–Kier alpha value is -2.34. The molecule has 0 aliphatic heterocycles. The quantitative estimate of drug-likeness (QED) is 0.830. The Kier molecular flexibility index (Phi) is 4.85. The van der Waals surface area contributed by atoms with E-state index < -0.39 is 0 Å². The topological polar surface area (TPSA) is 45.8 Å². The van der Waals surface area contributed by atoms with Gasteiger partial charge in [-0.2, -0.15) is 5.26 Å². The second-order valence-electron chi connectivity index (χ2n) is 6.99. The van der Waals surface area contributed by atoms with Crippen LogP contribution in [0.25, 0.3) is 11.3 Å². The van der Waals surface area contributed by atoms with Crippen LogP contribution in [0.1, 0.15) is 48.8 Å². The lowest BCUT2D eigenvalue weighted by Gasteiger charge is -2.24. The molecule has 3 rings (SSSR count). The number of aryl methyl sites for hydroxylation is 2. The Labute approximate surface area is 143 Å². The monoisotopic (exact) mass is 320 g/mol. The van der Waals surface area contributed by atoms with Gasteiger partial charge in [-0.15, -0.1) is 0 Å². The second-order valence-corrected chi connectivity index (χ2v) is 6.99. The Morgan fingerprint density at radius 2 is 1.92 bits per heavy atom. The average molecular weight is 320 g/mol. The summed E-state index contributed by atoms with van der Waals surface area (Å²) in [5, 5.41) is 9.37. The summed E-state index contributed by atoms with van der Waals surface area (Å²) >= 11 is 0. The highest BCUT2D eigenvalue weighted by molar-refractivity contribution is 5.62. The third-order valence-electron chi connectivity index (χ3n) is 5.09. The first kappa shape index (κ1) is 16.5. The van der Waals surface area contributed by atoms with Crippen LogP contribution in [-0.4, -0.2) is 4.57 Å². The minimum Gasteiger partial charge on any atom is -0.307 e. The molecule has 0 amide bonds. The van der Waals surface area contributed by atoms with E-state index >= 15 is 0 Å². The molecule has 0 bridgehead atoms. The maximum Gasteiger partial charge on any atom is 0.269 e. The van der Waals surface area contributed by atoms with Crippen molar-refractivity contribution in [2.45, 2.75) is 52.5 Å². The average Bonchev–Trinajstić information content (AvgIpc) is 2.58. The highest BCUT2D eigenvalue weighted by Gasteiger charge is 2.19. The van der Waals surface area contributed by atoms with Crippen molar-refractivity contribution in [3.63, 3.8) is 0 Å². The molecule has 3 nitrogen and oxygen atoms in total. The van der Waals surface area contributed by atoms with E-state index in [-0.39, 0.29) is 11.1 Å². The highest BCUT2D eigenvalue weighted by atomic mass is 16.1. The summed E-state index contributed by atoms with van der Waals surface area (Å²) in [6, 6.07) is 12.3. The third kappa shape index (κ3) is 3.28. The molecule has 1 aromatic carbocycles. The maximum absolute atomic E-state index is 12.9. The van der Waals surface area contributed by atoms with Crippen LogP contribution in [0.2, 0.25) is 0 Å². The first-order valence-electron chi connectivity index (χ1n) is 8.81. The summed E-state index contributed by atoms with van der Waals surface area (Å²) in [5.74, 6) is 0.536. The Morgan fingerprint density at radius 3 is 2.58 bits per heavy atom. The first-order valence-corrected chi connectivity index (χ1v) is 8.81. The van der Waals surface area contributed by atoms with Crippen LogP contribution in [0.5, 0.6) is 0 Å². The summed E-state index contributed by atoms with van der Waals surface area (Å²) in [6.45, 7) is 4.63. The summed E-state index contributed by atoms with van der Waals surface area (Å²) < 4.78 is 1.84. The molecular weight excluding hydrogens is 296 g/mol. The number of benzene rings is 1. The molecule has 1 heterocycles. The molecule has 124 valence electrons. The van der Waals surface area contributed by atoms with Gasteiger partial charge in [-0.3, -0.25) is 4.79 Å². The molecular formula is C21H24N2O. The number of aromatic nitrogens is 1. The van der Waals surface area contributed by atoms with E-state index in [1.54, 1.807) is 0 Å². The first-order chi connectivity index (χ1) is 11.6. The normalized spacial score (nSPS) is 15.2. The maximum atomic E-state index is 12.9. The summed E-state index contributed by atoms with van der Waals surface area (Å²) in [6.07, 6.45) is 6.14. The van der Waals surface area contributed by atoms with Crippen LogP contribution in [0.4, 0.5) is 0 Å². The van der Waals surface area contributed by atoms with Gasteiger partial charge in [0.1, 0.15) is 11.6 Å². The molecule has 3 heteroatoms. The minimum absolute atomic E-state index is 0.139. The second kappa shape index (κ2) is 7.05. The lowest BCUT2D eigenvalue weighted by molar-refractivity contribution is 0.317. The van der Waals surface area contributed by atoms with Crippen molar-refractivity contribution in [3.05, 3.63) is 57.4 Å². The molecule has 1 saturated carbocycles. The largest absolute Gasteiger partial charge is 0.307 e. The van der Waals surface area contributed by atoms with E-state index in [2.05, 4.69) is 25.1 Å². The molecule has 1 fully saturated rings. The van der Waals surface area contributed by atoms with Crippen molar-refractivity contribution in [2.24, 2.45) is 5.92 Å².